The molecule has 2 aromatic carbocycles. The minimum atomic E-state index is -4.78. The summed E-state index contributed by atoms with van der Waals surface area (Å²) in [6.45, 7) is 0.0982. The van der Waals surface area contributed by atoms with Gasteiger partial charge in [-0.25, -0.2) is 22.6 Å². The zero-order chi connectivity index (χ0) is 27.5. The molecule has 204 valence electrons. The number of piperidine rings is 1. The predicted molar refractivity (Wildman–Crippen MR) is 132 cm³/mol. The Morgan fingerprint density at radius 2 is 1.92 bits per heavy atom. The van der Waals surface area contributed by atoms with Crippen LogP contribution in [0.5, 0.6) is 5.75 Å². The predicted octanol–water partition coefficient (Wildman–Crippen LogP) is 3.61. The molecule has 0 spiro atoms. The number of methoxy groups -OCH3 is 1. The van der Waals surface area contributed by atoms with E-state index in [4.69, 9.17) is 9.84 Å². The molecule has 38 heavy (non-hydrogen) atoms. The molecule has 3 N–H and O–H groups in total. The molecule has 10 nitrogen and oxygen atoms in total. The van der Waals surface area contributed by atoms with Crippen molar-refractivity contribution in [2.45, 2.75) is 36.5 Å². The number of benzene rings is 2. The summed E-state index contributed by atoms with van der Waals surface area (Å²) in [6.07, 6.45) is -3.81. The molecule has 0 radical (unpaired) electrons. The highest BCUT2D eigenvalue weighted by molar-refractivity contribution is 7.89. The third-order valence-electron chi connectivity index (χ3n) is 6.09. The summed E-state index contributed by atoms with van der Waals surface area (Å²) in [5.74, 6) is 0.379. The van der Waals surface area contributed by atoms with Crippen molar-refractivity contribution in [2.75, 3.05) is 25.1 Å². The Morgan fingerprint density at radius 3 is 2.58 bits per heavy atom. The average Bonchev–Trinajstić information content (AvgIpc) is 3.34. The highest BCUT2D eigenvalue weighted by Gasteiger charge is 2.40. The minimum absolute atomic E-state index is 0.0415. The maximum Gasteiger partial charge on any atom is 0.437 e. The van der Waals surface area contributed by atoms with E-state index >= 15 is 0 Å². The Balaban J connectivity index is 1.70. The molecule has 1 atom stereocenters. The topological polar surface area (TPSA) is 126 Å². The molecular formula is C24H26F3N5O5S. The molecule has 1 saturated heterocycles. The Labute approximate surface area is 217 Å². The van der Waals surface area contributed by atoms with Gasteiger partial charge < -0.3 is 20.1 Å². The summed E-state index contributed by atoms with van der Waals surface area (Å²) < 4.78 is 76.3. The SMILES string of the molecule is COc1ccc(-n2cc(N3CCCC(NC(=O)O)C3)c(C(F)(F)F)n2)c(CNS(=O)(=O)c2ccccc2)c1. The van der Waals surface area contributed by atoms with Gasteiger partial charge in [0.1, 0.15) is 5.75 Å². The van der Waals surface area contributed by atoms with Crippen LogP contribution in [-0.2, 0) is 22.7 Å². The van der Waals surface area contributed by atoms with E-state index < -0.39 is 34.0 Å². The monoisotopic (exact) mass is 553 g/mol. The zero-order valence-corrected chi connectivity index (χ0v) is 21.1. The second-order valence-electron chi connectivity index (χ2n) is 8.67. The number of carboxylic acid groups (broad SMARTS) is 1. The van der Waals surface area contributed by atoms with Crippen LogP contribution in [0.25, 0.3) is 5.69 Å². The van der Waals surface area contributed by atoms with Crippen molar-refractivity contribution in [2.24, 2.45) is 0 Å². The third kappa shape index (κ3) is 6.19. The first-order chi connectivity index (χ1) is 18.0. The highest BCUT2D eigenvalue weighted by Crippen LogP contribution is 2.37. The van der Waals surface area contributed by atoms with E-state index in [0.29, 0.717) is 30.7 Å². The number of rotatable bonds is 8. The van der Waals surface area contributed by atoms with Gasteiger partial charge in [-0.2, -0.15) is 18.3 Å². The van der Waals surface area contributed by atoms with Crippen molar-refractivity contribution in [1.82, 2.24) is 19.8 Å². The van der Waals surface area contributed by atoms with Crippen molar-refractivity contribution < 1.29 is 36.2 Å². The summed E-state index contributed by atoms with van der Waals surface area (Å²) in [7, 11) is -2.48. The van der Waals surface area contributed by atoms with E-state index in [1.54, 1.807) is 18.2 Å². The van der Waals surface area contributed by atoms with Gasteiger partial charge in [0.25, 0.3) is 0 Å². The van der Waals surface area contributed by atoms with Crippen LogP contribution in [0.3, 0.4) is 0 Å². The lowest BCUT2D eigenvalue weighted by Gasteiger charge is -2.34. The van der Waals surface area contributed by atoms with E-state index in [1.807, 2.05) is 0 Å². The van der Waals surface area contributed by atoms with Gasteiger partial charge in [0, 0.05) is 25.7 Å². The molecule has 1 unspecified atom stereocenters. The van der Waals surface area contributed by atoms with Gasteiger partial charge in [-0.15, -0.1) is 0 Å². The quantitative estimate of drug-likeness (QED) is 0.389. The number of nitrogens with zero attached hydrogens (tertiary/aromatic N) is 3. The maximum atomic E-state index is 14.0. The number of carbonyl (C=O) groups is 1. The fraction of sp³-hybridized carbons (Fsp3) is 0.333. The van der Waals surface area contributed by atoms with Crippen molar-refractivity contribution in [3.63, 3.8) is 0 Å². The number of hydrogen-bond acceptors (Lipinski definition) is 6. The van der Waals surface area contributed by atoms with E-state index in [2.05, 4.69) is 15.1 Å². The number of sulfonamides is 1. The van der Waals surface area contributed by atoms with Crippen LogP contribution in [0.1, 0.15) is 24.1 Å². The normalized spacial score (nSPS) is 16.3. The second-order valence-corrected chi connectivity index (χ2v) is 10.4. The Bertz CT molecular complexity index is 1400. The molecule has 0 saturated carbocycles. The Morgan fingerprint density at radius 1 is 1.18 bits per heavy atom. The van der Waals surface area contributed by atoms with Gasteiger partial charge in [0.05, 0.1) is 29.6 Å². The standard InChI is InChI=1S/C24H26F3N5O5S/c1-37-18-9-10-20(16(12-18)13-28-38(35,36)19-7-3-2-4-8-19)32-15-21(22(30-32)24(25,26)27)31-11-5-6-17(14-31)29-23(33)34/h2-4,7-10,12,15,17,28-29H,5-6,11,13-14H2,1H3,(H,33,34). The molecular weight excluding hydrogens is 527 g/mol. The summed E-state index contributed by atoms with van der Waals surface area (Å²) in [6, 6.07) is 11.7. The van der Waals surface area contributed by atoms with Crippen molar-refractivity contribution >= 4 is 21.8 Å². The summed E-state index contributed by atoms with van der Waals surface area (Å²) in [5, 5.41) is 15.2. The lowest BCUT2D eigenvalue weighted by atomic mass is 10.1. The lowest BCUT2D eigenvalue weighted by Crippen LogP contribution is -2.47. The summed E-state index contributed by atoms with van der Waals surface area (Å²) >= 11 is 0. The van der Waals surface area contributed by atoms with Gasteiger partial charge in [-0.1, -0.05) is 18.2 Å². The number of ether oxygens (including phenoxy) is 1. The molecule has 1 fully saturated rings. The minimum Gasteiger partial charge on any atom is -0.497 e. The molecule has 1 aliphatic rings. The first kappa shape index (κ1) is 27.3. The first-order valence-corrected chi connectivity index (χ1v) is 13.1. The molecule has 0 aliphatic carbocycles. The van der Waals surface area contributed by atoms with Crippen LogP contribution in [-0.4, -0.2) is 55.6 Å². The lowest BCUT2D eigenvalue weighted by molar-refractivity contribution is -0.140. The van der Waals surface area contributed by atoms with E-state index in [9.17, 15) is 26.4 Å². The second kappa shape index (κ2) is 10.9. The molecule has 3 aromatic rings. The van der Waals surface area contributed by atoms with Crippen LogP contribution >= 0.6 is 0 Å². The number of alkyl halides is 3. The largest absolute Gasteiger partial charge is 0.497 e. The zero-order valence-electron chi connectivity index (χ0n) is 20.3. The molecule has 1 aromatic heterocycles. The molecule has 2 heterocycles. The van der Waals surface area contributed by atoms with Gasteiger partial charge in [0.15, 0.2) is 5.69 Å². The average molecular weight is 554 g/mol. The Hall–Kier alpha value is -3.78. The molecule has 0 bridgehead atoms. The van der Waals surface area contributed by atoms with Gasteiger partial charge in [-0.3, -0.25) is 0 Å². The molecule has 14 heteroatoms. The van der Waals surface area contributed by atoms with E-state index in [-0.39, 0.29) is 29.4 Å². The number of halogens is 3. The van der Waals surface area contributed by atoms with E-state index in [0.717, 1.165) is 4.68 Å². The van der Waals surface area contributed by atoms with Crippen molar-refractivity contribution in [3.05, 3.63) is 66.0 Å². The van der Waals surface area contributed by atoms with Crippen molar-refractivity contribution in [3.8, 4) is 11.4 Å². The number of hydrogen-bond donors (Lipinski definition) is 3. The van der Waals surface area contributed by atoms with Gasteiger partial charge in [-0.05, 0) is 48.7 Å². The Kier molecular flexibility index (Phi) is 7.83. The summed E-state index contributed by atoms with van der Waals surface area (Å²) in [4.78, 5) is 12.6. The van der Waals surface area contributed by atoms with E-state index in [1.165, 1.54) is 48.5 Å². The molecule has 1 aliphatic heterocycles. The maximum absolute atomic E-state index is 14.0. The third-order valence-corrected chi connectivity index (χ3v) is 7.51. The smallest absolute Gasteiger partial charge is 0.437 e. The number of anilines is 1. The molecule has 1 amide bonds. The van der Waals surface area contributed by atoms with Crippen molar-refractivity contribution in [1.29, 1.82) is 0 Å². The van der Waals surface area contributed by atoms with Crippen LogP contribution < -0.4 is 19.7 Å². The van der Waals surface area contributed by atoms with Gasteiger partial charge in [0.2, 0.25) is 10.0 Å². The van der Waals surface area contributed by atoms with Crippen LogP contribution in [0.15, 0.2) is 59.6 Å². The number of amides is 1. The van der Waals surface area contributed by atoms with Crippen LogP contribution in [0, 0.1) is 0 Å². The number of aromatic nitrogens is 2. The van der Waals surface area contributed by atoms with Crippen LogP contribution in [0.4, 0.5) is 23.7 Å². The fourth-order valence-electron chi connectivity index (χ4n) is 4.32. The molecule has 4 rings (SSSR count). The summed E-state index contributed by atoms with van der Waals surface area (Å²) in [5.41, 5.74) is -0.771. The fourth-order valence-corrected chi connectivity index (χ4v) is 5.35. The van der Waals surface area contributed by atoms with Crippen LogP contribution in [0.2, 0.25) is 0 Å². The van der Waals surface area contributed by atoms with Gasteiger partial charge >= 0.3 is 12.3 Å². The number of nitrogens with one attached hydrogen (secondary N) is 2. The highest BCUT2D eigenvalue weighted by atomic mass is 32.2. The first-order valence-electron chi connectivity index (χ1n) is 11.6.